The second-order valence-electron chi connectivity index (χ2n) is 3.26. The van der Waals surface area contributed by atoms with Crippen molar-refractivity contribution in [1.82, 2.24) is 15.5 Å². The largest absolute Gasteiger partial charge is 0.351 e. The number of carbonyl (C=O) groups excluding carboxylic acids is 2. The summed E-state index contributed by atoms with van der Waals surface area (Å²) in [7, 11) is 0. The molecule has 2 N–H and O–H groups in total. The first-order valence-electron chi connectivity index (χ1n) is 4.57. The van der Waals surface area contributed by atoms with E-state index in [1.165, 1.54) is 0 Å². The fraction of sp³-hybridized carbons (Fsp3) is 0.556. The standard InChI is InChI=1S/C9H15N3O2/c1-7(2)8(13)10-3-5-12-6-4-11-9(12)14/h1,3-6H2,2H3,(H,10,13)(H,11,14). The van der Waals surface area contributed by atoms with Gasteiger partial charge >= 0.3 is 6.03 Å². The lowest BCUT2D eigenvalue weighted by molar-refractivity contribution is -0.117. The summed E-state index contributed by atoms with van der Waals surface area (Å²) < 4.78 is 0. The molecule has 0 bridgehead atoms. The molecule has 0 spiro atoms. The number of hydrogen-bond acceptors (Lipinski definition) is 2. The molecule has 5 nitrogen and oxygen atoms in total. The van der Waals surface area contributed by atoms with Crippen molar-refractivity contribution in [2.45, 2.75) is 6.92 Å². The van der Waals surface area contributed by atoms with Crippen LogP contribution in [0, 0.1) is 0 Å². The van der Waals surface area contributed by atoms with Crippen molar-refractivity contribution in [2.75, 3.05) is 26.2 Å². The van der Waals surface area contributed by atoms with Crippen molar-refractivity contribution in [3.63, 3.8) is 0 Å². The molecule has 1 rings (SSSR count). The van der Waals surface area contributed by atoms with Crippen LogP contribution < -0.4 is 10.6 Å². The number of carbonyl (C=O) groups is 2. The smallest absolute Gasteiger partial charge is 0.317 e. The summed E-state index contributed by atoms with van der Waals surface area (Å²) in [5.41, 5.74) is 0.482. The van der Waals surface area contributed by atoms with E-state index in [2.05, 4.69) is 17.2 Å². The van der Waals surface area contributed by atoms with Gasteiger partial charge in [0.25, 0.3) is 0 Å². The molecule has 3 amide bonds. The van der Waals surface area contributed by atoms with Crippen LogP contribution in [-0.2, 0) is 4.79 Å². The monoisotopic (exact) mass is 197 g/mol. The Morgan fingerprint density at radius 1 is 1.71 bits per heavy atom. The molecule has 0 aromatic rings. The van der Waals surface area contributed by atoms with Crippen molar-refractivity contribution < 1.29 is 9.59 Å². The molecular formula is C9H15N3O2. The van der Waals surface area contributed by atoms with Crippen LogP contribution in [0.15, 0.2) is 12.2 Å². The van der Waals surface area contributed by atoms with Crippen molar-refractivity contribution in [2.24, 2.45) is 0 Å². The molecule has 0 saturated carbocycles. The van der Waals surface area contributed by atoms with E-state index >= 15 is 0 Å². The Morgan fingerprint density at radius 3 is 2.93 bits per heavy atom. The normalized spacial score (nSPS) is 15.2. The van der Waals surface area contributed by atoms with E-state index in [4.69, 9.17) is 0 Å². The fourth-order valence-corrected chi connectivity index (χ4v) is 1.18. The van der Waals surface area contributed by atoms with E-state index in [-0.39, 0.29) is 11.9 Å². The maximum Gasteiger partial charge on any atom is 0.317 e. The Morgan fingerprint density at radius 2 is 2.43 bits per heavy atom. The quantitative estimate of drug-likeness (QED) is 0.608. The molecule has 5 heteroatoms. The first kappa shape index (κ1) is 10.6. The van der Waals surface area contributed by atoms with Crippen LogP contribution in [0.2, 0.25) is 0 Å². The first-order chi connectivity index (χ1) is 6.61. The van der Waals surface area contributed by atoms with Gasteiger partial charge in [-0.1, -0.05) is 6.58 Å². The van der Waals surface area contributed by atoms with Gasteiger partial charge in [-0.15, -0.1) is 0 Å². The van der Waals surface area contributed by atoms with Gasteiger partial charge in [0.1, 0.15) is 0 Å². The summed E-state index contributed by atoms with van der Waals surface area (Å²) in [6, 6.07) is -0.0606. The van der Waals surface area contributed by atoms with Crippen LogP contribution in [0.25, 0.3) is 0 Å². The average Bonchev–Trinajstić information content (AvgIpc) is 2.51. The van der Waals surface area contributed by atoms with Crippen molar-refractivity contribution in [1.29, 1.82) is 0 Å². The highest BCUT2D eigenvalue weighted by Gasteiger charge is 2.18. The summed E-state index contributed by atoms with van der Waals surface area (Å²) in [5, 5.41) is 5.36. The van der Waals surface area contributed by atoms with Crippen LogP contribution >= 0.6 is 0 Å². The van der Waals surface area contributed by atoms with Gasteiger partial charge in [0.05, 0.1) is 0 Å². The summed E-state index contributed by atoms with van der Waals surface area (Å²) in [6.45, 7) is 7.58. The molecule has 0 atom stereocenters. The Balaban J connectivity index is 2.18. The van der Waals surface area contributed by atoms with Crippen molar-refractivity contribution in [3.05, 3.63) is 12.2 Å². The van der Waals surface area contributed by atoms with Crippen LogP contribution in [0.1, 0.15) is 6.92 Å². The number of nitrogens with zero attached hydrogens (tertiary/aromatic N) is 1. The molecule has 1 heterocycles. The zero-order valence-corrected chi connectivity index (χ0v) is 8.30. The van der Waals surface area contributed by atoms with Crippen LogP contribution in [0.3, 0.4) is 0 Å². The predicted octanol–water partition coefficient (Wildman–Crippen LogP) is -0.296. The molecule has 0 aromatic carbocycles. The van der Waals surface area contributed by atoms with Gasteiger partial charge in [0, 0.05) is 31.8 Å². The van der Waals surface area contributed by atoms with E-state index in [9.17, 15) is 9.59 Å². The van der Waals surface area contributed by atoms with Crippen LogP contribution in [0.4, 0.5) is 4.79 Å². The van der Waals surface area contributed by atoms with Crippen LogP contribution in [0.5, 0.6) is 0 Å². The topological polar surface area (TPSA) is 61.4 Å². The third-order valence-electron chi connectivity index (χ3n) is 2.00. The second-order valence-corrected chi connectivity index (χ2v) is 3.26. The van der Waals surface area contributed by atoms with Crippen molar-refractivity contribution >= 4 is 11.9 Å². The minimum atomic E-state index is -0.162. The maximum absolute atomic E-state index is 11.1. The van der Waals surface area contributed by atoms with E-state index in [1.54, 1.807) is 11.8 Å². The fourth-order valence-electron chi connectivity index (χ4n) is 1.18. The number of urea groups is 1. The summed E-state index contributed by atoms with van der Waals surface area (Å²) in [5.74, 6) is -0.162. The third-order valence-corrected chi connectivity index (χ3v) is 2.00. The minimum Gasteiger partial charge on any atom is -0.351 e. The zero-order valence-electron chi connectivity index (χ0n) is 8.30. The third kappa shape index (κ3) is 2.76. The highest BCUT2D eigenvalue weighted by Crippen LogP contribution is 1.94. The zero-order chi connectivity index (χ0) is 10.6. The molecule has 1 saturated heterocycles. The van der Waals surface area contributed by atoms with E-state index in [1.807, 2.05) is 0 Å². The Hall–Kier alpha value is -1.52. The first-order valence-corrected chi connectivity index (χ1v) is 4.57. The number of nitrogens with one attached hydrogen (secondary N) is 2. The Labute approximate surface area is 83.1 Å². The number of rotatable bonds is 4. The predicted molar refractivity (Wildman–Crippen MR) is 52.8 cm³/mol. The van der Waals surface area contributed by atoms with E-state index < -0.39 is 0 Å². The Kier molecular flexibility index (Phi) is 3.50. The minimum absolute atomic E-state index is 0.0606. The van der Waals surface area contributed by atoms with Gasteiger partial charge in [-0.2, -0.15) is 0 Å². The SMILES string of the molecule is C=C(C)C(=O)NCCN1CCNC1=O. The number of hydrogen-bond donors (Lipinski definition) is 2. The molecule has 1 aliphatic rings. The van der Waals surface area contributed by atoms with E-state index in [0.29, 0.717) is 31.8 Å². The summed E-state index contributed by atoms with van der Waals surface area (Å²) in [6.07, 6.45) is 0. The lowest BCUT2D eigenvalue weighted by Gasteiger charge is -2.14. The highest BCUT2D eigenvalue weighted by molar-refractivity contribution is 5.92. The lowest BCUT2D eigenvalue weighted by atomic mass is 10.3. The summed E-state index contributed by atoms with van der Waals surface area (Å²) in [4.78, 5) is 23.8. The van der Waals surface area contributed by atoms with E-state index in [0.717, 1.165) is 0 Å². The van der Waals surface area contributed by atoms with Gasteiger partial charge in [0.2, 0.25) is 5.91 Å². The molecule has 1 aliphatic heterocycles. The molecule has 0 aromatic heterocycles. The van der Waals surface area contributed by atoms with Gasteiger partial charge in [0.15, 0.2) is 0 Å². The van der Waals surface area contributed by atoms with Gasteiger partial charge < -0.3 is 15.5 Å². The van der Waals surface area contributed by atoms with Gasteiger partial charge in [-0.3, -0.25) is 4.79 Å². The molecule has 78 valence electrons. The van der Waals surface area contributed by atoms with Crippen molar-refractivity contribution in [3.8, 4) is 0 Å². The lowest BCUT2D eigenvalue weighted by Crippen LogP contribution is -2.36. The summed E-state index contributed by atoms with van der Waals surface area (Å²) >= 11 is 0. The molecule has 1 fully saturated rings. The molecular weight excluding hydrogens is 182 g/mol. The molecule has 14 heavy (non-hydrogen) atoms. The van der Waals surface area contributed by atoms with Gasteiger partial charge in [-0.25, -0.2) is 4.79 Å². The van der Waals surface area contributed by atoms with Crippen LogP contribution in [-0.4, -0.2) is 43.0 Å². The number of amides is 3. The molecule has 0 unspecified atom stereocenters. The average molecular weight is 197 g/mol. The van der Waals surface area contributed by atoms with Gasteiger partial charge in [-0.05, 0) is 6.92 Å². The second kappa shape index (κ2) is 4.64. The Bertz CT molecular complexity index is 263. The maximum atomic E-state index is 11.1. The molecule has 0 radical (unpaired) electrons. The molecule has 0 aliphatic carbocycles. The highest BCUT2D eigenvalue weighted by atomic mass is 16.2.